The largest absolute Gasteiger partial charge is 0.416 e. The van der Waals surface area contributed by atoms with E-state index in [4.69, 9.17) is 0 Å². The van der Waals surface area contributed by atoms with E-state index in [-0.39, 0.29) is 5.56 Å². The van der Waals surface area contributed by atoms with Crippen LogP contribution >= 0.6 is 0 Å². The van der Waals surface area contributed by atoms with Crippen molar-refractivity contribution in [1.29, 1.82) is 0 Å². The van der Waals surface area contributed by atoms with E-state index in [1.807, 2.05) is 0 Å². The number of benzene rings is 3. The summed E-state index contributed by atoms with van der Waals surface area (Å²) in [7, 11) is 0. The molecule has 0 bridgehead atoms. The van der Waals surface area contributed by atoms with E-state index in [0.717, 1.165) is 17.5 Å². The van der Waals surface area contributed by atoms with E-state index < -0.39 is 37.0 Å². The molecule has 1 N–H and O–H groups in total. The minimum Gasteiger partial charge on any atom is -0.344 e. The third-order valence-corrected chi connectivity index (χ3v) is 4.37. The van der Waals surface area contributed by atoms with Gasteiger partial charge in [0.15, 0.2) is 0 Å². The molecule has 0 aliphatic rings. The minimum absolute atomic E-state index is 0.240. The number of alkyl halides is 5. The Kier molecular flexibility index (Phi) is 5.63. The van der Waals surface area contributed by atoms with Gasteiger partial charge in [-0.2, -0.15) is 13.2 Å². The van der Waals surface area contributed by atoms with Gasteiger partial charge < -0.3 is 5.32 Å². The summed E-state index contributed by atoms with van der Waals surface area (Å²) in [5.41, 5.74) is 0.823. The van der Waals surface area contributed by atoms with Crippen molar-refractivity contribution in [3.05, 3.63) is 71.8 Å². The standard InChI is InChI=1S/C21H16F5NO/c22-11-17(12-23)27-20(28)15-6-9-19-14(10-15)2-1-3-18(19)13-4-7-16(8-5-13)21(24,25)26/h1-10,17H,11-12H2,(H,27,28). The predicted octanol–water partition coefficient (Wildman–Crippen LogP) is 5.56. The highest BCUT2D eigenvalue weighted by molar-refractivity contribution is 6.02. The van der Waals surface area contributed by atoms with Crippen molar-refractivity contribution in [2.45, 2.75) is 12.2 Å². The van der Waals surface area contributed by atoms with Crippen LogP contribution in [0.1, 0.15) is 15.9 Å². The Morgan fingerprint density at radius 3 is 2.21 bits per heavy atom. The summed E-state index contributed by atoms with van der Waals surface area (Å²) in [6.07, 6.45) is -4.41. The maximum absolute atomic E-state index is 12.8. The van der Waals surface area contributed by atoms with E-state index in [9.17, 15) is 26.7 Å². The van der Waals surface area contributed by atoms with Gasteiger partial charge in [0.25, 0.3) is 5.91 Å². The highest BCUT2D eigenvalue weighted by Crippen LogP contribution is 2.33. The Morgan fingerprint density at radius 1 is 0.929 bits per heavy atom. The van der Waals surface area contributed by atoms with Crippen LogP contribution in [0.3, 0.4) is 0 Å². The van der Waals surface area contributed by atoms with Crippen molar-refractivity contribution < 1.29 is 26.7 Å². The molecule has 7 heteroatoms. The molecule has 0 saturated carbocycles. The first kappa shape index (κ1) is 19.8. The second-order valence-corrected chi connectivity index (χ2v) is 6.30. The lowest BCUT2D eigenvalue weighted by atomic mass is 9.96. The number of nitrogens with one attached hydrogen (secondary N) is 1. The number of fused-ring (bicyclic) bond motifs is 1. The average molecular weight is 393 g/mol. The van der Waals surface area contributed by atoms with Crippen LogP contribution in [0.4, 0.5) is 22.0 Å². The van der Waals surface area contributed by atoms with Crippen LogP contribution in [0.25, 0.3) is 21.9 Å². The van der Waals surface area contributed by atoms with Gasteiger partial charge in [-0.3, -0.25) is 4.79 Å². The Morgan fingerprint density at radius 2 is 1.61 bits per heavy atom. The third kappa shape index (κ3) is 4.13. The van der Waals surface area contributed by atoms with Crippen molar-refractivity contribution >= 4 is 16.7 Å². The molecule has 0 radical (unpaired) electrons. The van der Waals surface area contributed by atoms with Crippen molar-refractivity contribution in [3.63, 3.8) is 0 Å². The summed E-state index contributed by atoms with van der Waals surface area (Å²) in [6, 6.07) is 13.6. The Balaban J connectivity index is 1.95. The smallest absolute Gasteiger partial charge is 0.344 e. The fourth-order valence-corrected chi connectivity index (χ4v) is 2.90. The average Bonchev–Trinajstić information content (AvgIpc) is 2.70. The number of hydrogen-bond donors (Lipinski definition) is 1. The molecule has 0 aliphatic heterocycles. The predicted molar refractivity (Wildman–Crippen MR) is 97.6 cm³/mol. The van der Waals surface area contributed by atoms with Crippen molar-refractivity contribution in [2.75, 3.05) is 13.3 Å². The Bertz CT molecular complexity index is 978. The maximum Gasteiger partial charge on any atom is 0.416 e. The van der Waals surface area contributed by atoms with Crippen LogP contribution in [0.2, 0.25) is 0 Å². The summed E-state index contributed by atoms with van der Waals surface area (Å²) in [5, 5.41) is 3.69. The Hall–Kier alpha value is -2.96. The van der Waals surface area contributed by atoms with Gasteiger partial charge in [-0.1, -0.05) is 36.4 Å². The third-order valence-electron chi connectivity index (χ3n) is 4.37. The highest BCUT2D eigenvalue weighted by Gasteiger charge is 2.30. The number of hydrogen-bond acceptors (Lipinski definition) is 1. The van der Waals surface area contributed by atoms with Gasteiger partial charge in [0.2, 0.25) is 0 Å². The van der Waals surface area contributed by atoms with Crippen molar-refractivity contribution in [3.8, 4) is 11.1 Å². The molecule has 0 saturated heterocycles. The lowest BCUT2D eigenvalue weighted by Crippen LogP contribution is -2.37. The number of amides is 1. The minimum atomic E-state index is -4.41. The van der Waals surface area contributed by atoms with Crippen molar-refractivity contribution in [1.82, 2.24) is 5.32 Å². The van der Waals surface area contributed by atoms with Gasteiger partial charge in [-0.15, -0.1) is 0 Å². The molecule has 0 heterocycles. The molecular weight excluding hydrogens is 377 g/mol. The first-order valence-electron chi connectivity index (χ1n) is 8.46. The summed E-state index contributed by atoms with van der Waals surface area (Å²) in [5.74, 6) is -0.595. The molecule has 0 unspecified atom stereocenters. The van der Waals surface area contributed by atoms with Crippen LogP contribution in [-0.2, 0) is 6.18 Å². The Labute approximate surface area is 158 Å². The monoisotopic (exact) mass is 393 g/mol. The maximum atomic E-state index is 12.8. The van der Waals surface area contributed by atoms with Gasteiger partial charge in [-0.05, 0) is 46.2 Å². The molecule has 28 heavy (non-hydrogen) atoms. The zero-order valence-electron chi connectivity index (χ0n) is 14.6. The zero-order valence-corrected chi connectivity index (χ0v) is 14.6. The van der Waals surface area contributed by atoms with Crippen molar-refractivity contribution in [2.24, 2.45) is 0 Å². The molecule has 3 aromatic rings. The van der Waals surface area contributed by atoms with Crippen LogP contribution in [0, 0.1) is 0 Å². The second kappa shape index (κ2) is 7.96. The van der Waals surface area contributed by atoms with E-state index in [1.54, 1.807) is 30.3 Å². The molecule has 3 rings (SSSR count). The van der Waals surface area contributed by atoms with Crippen LogP contribution in [0.5, 0.6) is 0 Å². The normalized spacial score (nSPS) is 11.8. The topological polar surface area (TPSA) is 29.1 Å². The quantitative estimate of drug-likeness (QED) is 0.565. The SMILES string of the molecule is O=C(NC(CF)CF)c1ccc2c(-c3ccc(C(F)(F)F)cc3)cccc2c1. The molecule has 0 aliphatic carbocycles. The fourth-order valence-electron chi connectivity index (χ4n) is 2.90. The van der Waals surface area contributed by atoms with Gasteiger partial charge in [0, 0.05) is 5.56 Å². The summed E-state index contributed by atoms with van der Waals surface area (Å²) >= 11 is 0. The lowest BCUT2D eigenvalue weighted by molar-refractivity contribution is -0.137. The number of carbonyl (C=O) groups excluding carboxylic acids is 1. The molecule has 146 valence electrons. The van der Waals surface area contributed by atoms with Crippen LogP contribution in [0.15, 0.2) is 60.7 Å². The molecule has 1 amide bonds. The summed E-state index contributed by atoms with van der Waals surface area (Å²) in [4.78, 5) is 12.2. The van der Waals surface area contributed by atoms with Gasteiger partial charge in [0.1, 0.15) is 13.3 Å². The molecule has 0 atom stereocenters. The number of halogens is 5. The zero-order chi connectivity index (χ0) is 20.3. The summed E-state index contributed by atoms with van der Waals surface area (Å²) < 4.78 is 63.5. The molecular formula is C21H16F5NO. The highest BCUT2D eigenvalue weighted by atomic mass is 19.4. The second-order valence-electron chi connectivity index (χ2n) is 6.30. The first-order chi connectivity index (χ1) is 13.3. The van der Waals surface area contributed by atoms with Gasteiger partial charge >= 0.3 is 6.18 Å². The molecule has 2 nitrogen and oxygen atoms in total. The number of carbonyl (C=O) groups is 1. The van der Waals surface area contributed by atoms with E-state index in [0.29, 0.717) is 16.5 Å². The molecule has 3 aromatic carbocycles. The molecule has 0 aromatic heterocycles. The van der Waals surface area contributed by atoms with Crippen LogP contribution < -0.4 is 5.32 Å². The van der Waals surface area contributed by atoms with Gasteiger partial charge in [-0.25, -0.2) is 8.78 Å². The van der Waals surface area contributed by atoms with E-state index in [1.165, 1.54) is 18.2 Å². The van der Waals surface area contributed by atoms with Crippen LogP contribution in [-0.4, -0.2) is 25.3 Å². The molecule has 0 fully saturated rings. The summed E-state index contributed by atoms with van der Waals surface area (Å²) in [6.45, 7) is -2.01. The molecule has 0 spiro atoms. The first-order valence-corrected chi connectivity index (χ1v) is 8.46. The van der Waals surface area contributed by atoms with E-state index in [2.05, 4.69) is 5.32 Å². The lowest BCUT2D eigenvalue weighted by Gasteiger charge is -2.13. The van der Waals surface area contributed by atoms with Gasteiger partial charge in [0.05, 0.1) is 11.6 Å². The van der Waals surface area contributed by atoms with E-state index >= 15 is 0 Å². The fraction of sp³-hybridized carbons (Fsp3) is 0.190. The number of rotatable bonds is 5.